The highest BCUT2D eigenvalue weighted by molar-refractivity contribution is 9.10. The third kappa shape index (κ3) is 3.42. The largest absolute Gasteiger partial charge is 0.316 e. The Kier molecular flexibility index (Phi) is 4.51. The van der Waals surface area contributed by atoms with Crippen LogP contribution in [0.2, 0.25) is 0 Å². The molecule has 0 aliphatic carbocycles. The zero-order valence-electron chi connectivity index (χ0n) is 11.7. The fourth-order valence-electron chi connectivity index (χ4n) is 2.79. The fraction of sp³-hybridized carbons (Fsp3) is 0.222. The maximum absolute atomic E-state index is 13.2. The van der Waals surface area contributed by atoms with Crippen LogP contribution >= 0.6 is 15.9 Å². The second-order valence-electron chi connectivity index (χ2n) is 5.24. The van der Waals surface area contributed by atoms with Crippen LogP contribution in [-0.2, 0) is 0 Å². The van der Waals surface area contributed by atoms with E-state index >= 15 is 0 Å². The average Bonchev–Trinajstić information content (AvgIpc) is 2.52. The zero-order valence-corrected chi connectivity index (χ0v) is 13.3. The first-order valence-electron chi connectivity index (χ1n) is 7.18. The van der Waals surface area contributed by atoms with E-state index in [4.69, 9.17) is 0 Å². The number of rotatable bonds is 2. The van der Waals surface area contributed by atoms with Gasteiger partial charge in [0.1, 0.15) is 5.82 Å². The van der Waals surface area contributed by atoms with Gasteiger partial charge >= 0.3 is 0 Å². The highest BCUT2D eigenvalue weighted by atomic mass is 79.9. The normalized spacial score (nSPS) is 15.0. The van der Waals surface area contributed by atoms with Crippen molar-refractivity contribution in [3.05, 3.63) is 75.5 Å². The average molecular weight is 346 g/mol. The van der Waals surface area contributed by atoms with Crippen molar-refractivity contribution < 1.29 is 4.39 Å². The lowest BCUT2D eigenvalue weighted by atomic mass is 9.89. The molecule has 2 aromatic carbocycles. The molecule has 1 aliphatic rings. The maximum atomic E-state index is 13.2. The van der Waals surface area contributed by atoms with Crippen LogP contribution < -0.4 is 5.32 Å². The van der Waals surface area contributed by atoms with Crippen molar-refractivity contribution in [2.75, 3.05) is 13.1 Å². The highest BCUT2D eigenvalue weighted by Crippen LogP contribution is 2.31. The summed E-state index contributed by atoms with van der Waals surface area (Å²) in [6.45, 7) is 2.02. The molecule has 0 saturated carbocycles. The number of nitrogens with one attached hydrogen (secondary N) is 1. The van der Waals surface area contributed by atoms with Crippen molar-refractivity contribution in [2.45, 2.75) is 12.8 Å². The minimum Gasteiger partial charge on any atom is -0.316 e. The van der Waals surface area contributed by atoms with E-state index in [2.05, 4.69) is 45.5 Å². The molecular formula is C18H17BrFN. The zero-order chi connectivity index (χ0) is 14.7. The van der Waals surface area contributed by atoms with Crippen LogP contribution in [0.1, 0.15) is 24.0 Å². The molecular weight excluding hydrogens is 329 g/mol. The van der Waals surface area contributed by atoms with Crippen LogP contribution in [0.4, 0.5) is 4.39 Å². The van der Waals surface area contributed by atoms with Crippen molar-refractivity contribution >= 4 is 21.5 Å². The Morgan fingerprint density at radius 2 is 1.38 bits per heavy atom. The summed E-state index contributed by atoms with van der Waals surface area (Å²) in [5.41, 5.74) is 4.99. The second kappa shape index (κ2) is 6.54. The Balaban J connectivity index is 2.10. The molecule has 21 heavy (non-hydrogen) atoms. The molecule has 0 radical (unpaired) electrons. The number of benzene rings is 2. The van der Waals surface area contributed by atoms with E-state index in [1.54, 1.807) is 0 Å². The lowest BCUT2D eigenvalue weighted by Crippen LogP contribution is -2.23. The lowest BCUT2D eigenvalue weighted by molar-refractivity contribution is 0.611. The van der Waals surface area contributed by atoms with Crippen LogP contribution in [0.25, 0.3) is 5.57 Å². The number of hydrogen-bond donors (Lipinski definition) is 1. The van der Waals surface area contributed by atoms with Crippen molar-refractivity contribution in [3.8, 4) is 0 Å². The van der Waals surface area contributed by atoms with E-state index in [0.29, 0.717) is 0 Å². The summed E-state index contributed by atoms with van der Waals surface area (Å²) in [4.78, 5) is 0. The van der Waals surface area contributed by atoms with Gasteiger partial charge in [0.25, 0.3) is 0 Å². The Morgan fingerprint density at radius 1 is 0.857 bits per heavy atom. The predicted octanol–water partition coefficient (Wildman–Crippen LogP) is 4.77. The SMILES string of the molecule is Fc1ccc(C(=C2CCNCC2)c2ccc(Br)cc2)cc1. The molecule has 1 saturated heterocycles. The third-order valence-electron chi connectivity index (χ3n) is 3.83. The van der Waals surface area contributed by atoms with Gasteiger partial charge in [-0.15, -0.1) is 0 Å². The molecule has 1 N–H and O–H groups in total. The van der Waals surface area contributed by atoms with E-state index in [1.807, 2.05) is 12.1 Å². The van der Waals surface area contributed by atoms with Gasteiger partial charge in [0, 0.05) is 4.47 Å². The molecule has 1 aliphatic heterocycles. The quantitative estimate of drug-likeness (QED) is 0.826. The molecule has 0 aromatic heterocycles. The van der Waals surface area contributed by atoms with Gasteiger partial charge < -0.3 is 5.32 Å². The van der Waals surface area contributed by atoms with E-state index < -0.39 is 0 Å². The molecule has 1 fully saturated rings. The van der Waals surface area contributed by atoms with Gasteiger partial charge in [-0.3, -0.25) is 0 Å². The maximum Gasteiger partial charge on any atom is 0.123 e. The topological polar surface area (TPSA) is 12.0 Å². The van der Waals surface area contributed by atoms with E-state index in [9.17, 15) is 4.39 Å². The van der Waals surface area contributed by atoms with Gasteiger partial charge in [-0.2, -0.15) is 0 Å². The van der Waals surface area contributed by atoms with Crippen molar-refractivity contribution in [1.82, 2.24) is 5.32 Å². The summed E-state index contributed by atoms with van der Waals surface area (Å²) in [5, 5.41) is 3.39. The van der Waals surface area contributed by atoms with Gasteiger partial charge in [0.05, 0.1) is 0 Å². The third-order valence-corrected chi connectivity index (χ3v) is 4.36. The molecule has 0 unspecified atom stereocenters. The number of piperidine rings is 1. The van der Waals surface area contributed by atoms with E-state index in [1.165, 1.54) is 28.8 Å². The van der Waals surface area contributed by atoms with Gasteiger partial charge in [0.15, 0.2) is 0 Å². The fourth-order valence-corrected chi connectivity index (χ4v) is 3.05. The molecule has 108 valence electrons. The first-order valence-corrected chi connectivity index (χ1v) is 7.98. The number of hydrogen-bond acceptors (Lipinski definition) is 1. The summed E-state index contributed by atoms with van der Waals surface area (Å²) in [7, 11) is 0. The predicted molar refractivity (Wildman–Crippen MR) is 88.7 cm³/mol. The molecule has 3 heteroatoms. The highest BCUT2D eigenvalue weighted by Gasteiger charge is 2.14. The smallest absolute Gasteiger partial charge is 0.123 e. The van der Waals surface area contributed by atoms with Crippen molar-refractivity contribution in [1.29, 1.82) is 0 Å². The van der Waals surface area contributed by atoms with Gasteiger partial charge in [-0.05, 0) is 66.9 Å². The molecule has 1 heterocycles. The van der Waals surface area contributed by atoms with Crippen LogP contribution in [0.15, 0.2) is 58.6 Å². The molecule has 0 bridgehead atoms. The summed E-state index contributed by atoms with van der Waals surface area (Å²) >= 11 is 3.48. The van der Waals surface area contributed by atoms with Gasteiger partial charge in [-0.25, -0.2) is 4.39 Å². The molecule has 0 amide bonds. The number of halogens is 2. The molecule has 2 aromatic rings. The van der Waals surface area contributed by atoms with Gasteiger partial charge in [0.2, 0.25) is 0 Å². The molecule has 0 atom stereocenters. The molecule has 3 rings (SSSR count). The first kappa shape index (κ1) is 14.5. The molecule has 1 nitrogen and oxygen atoms in total. The van der Waals surface area contributed by atoms with Crippen LogP contribution in [0.5, 0.6) is 0 Å². The first-order chi connectivity index (χ1) is 10.2. The lowest BCUT2D eigenvalue weighted by Gasteiger charge is -2.21. The summed E-state index contributed by atoms with van der Waals surface area (Å²) in [5.74, 6) is -0.191. The van der Waals surface area contributed by atoms with Crippen molar-refractivity contribution in [3.63, 3.8) is 0 Å². The van der Waals surface area contributed by atoms with Gasteiger partial charge in [-0.1, -0.05) is 45.8 Å². The van der Waals surface area contributed by atoms with Crippen molar-refractivity contribution in [2.24, 2.45) is 0 Å². The van der Waals surface area contributed by atoms with E-state index in [-0.39, 0.29) is 5.82 Å². The minimum absolute atomic E-state index is 0.191. The Labute approximate surface area is 133 Å². The van der Waals surface area contributed by atoms with Crippen LogP contribution in [-0.4, -0.2) is 13.1 Å². The Hall–Kier alpha value is -1.45. The van der Waals surface area contributed by atoms with Crippen LogP contribution in [0.3, 0.4) is 0 Å². The van der Waals surface area contributed by atoms with Crippen LogP contribution in [0, 0.1) is 5.82 Å². The summed E-state index contributed by atoms with van der Waals surface area (Å²) in [6.07, 6.45) is 2.09. The van der Waals surface area contributed by atoms with E-state index in [0.717, 1.165) is 36.0 Å². The standard InChI is InChI=1S/C18H17BrFN/c19-16-5-1-13(2-6-16)18(15-9-11-21-12-10-15)14-3-7-17(20)8-4-14/h1-8,21H,9-12H2. The summed E-state index contributed by atoms with van der Waals surface area (Å²) in [6, 6.07) is 15.2. The Morgan fingerprint density at radius 3 is 1.95 bits per heavy atom. The summed E-state index contributed by atoms with van der Waals surface area (Å²) < 4.78 is 14.3. The Bertz CT molecular complexity index is 588. The molecule has 0 spiro atoms. The monoisotopic (exact) mass is 345 g/mol. The second-order valence-corrected chi connectivity index (χ2v) is 6.16. The minimum atomic E-state index is -0.191.